The van der Waals surface area contributed by atoms with E-state index in [2.05, 4.69) is 14.9 Å². The highest BCUT2D eigenvalue weighted by Crippen LogP contribution is 2.21. The normalized spacial score (nSPS) is 11.6. The number of halogens is 1. The molecule has 6 nitrogen and oxygen atoms in total. The lowest BCUT2D eigenvalue weighted by Crippen LogP contribution is -2.26. The maximum Gasteiger partial charge on any atom is 0.250 e. The molecule has 0 bridgehead atoms. The SMILES string of the molecule is Cc1cccc(S(=O)(=O)NCCc2nnc(-c3ccccc3F)o2)c1. The van der Waals surface area contributed by atoms with Crippen LogP contribution in [0.5, 0.6) is 0 Å². The monoisotopic (exact) mass is 361 g/mol. The fourth-order valence-electron chi connectivity index (χ4n) is 2.26. The first-order valence-electron chi connectivity index (χ1n) is 7.59. The highest BCUT2D eigenvalue weighted by Gasteiger charge is 2.15. The number of nitrogens with one attached hydrogen (secondary N) is 1. The second-order valence-corrected chi connectivity index (χ2v) is 7.21. The van der Waals surface area contributed by atoms with E-state index in [4.69, 9.17) is 4.42 Å². The fourth-order valence-corrected chi connectivity index (χ4v) is 3.39. The van der Waals surface area contributed by atoms with E-state index in [1.807, 2.05) is 13.0 Å². The van der Waals surface area contributed by atoms with Crippen molar-refractivity contribution in [3.63, 3.8) is 0 Å². The topological polar surface area (TPSA) is 85.1 Å². The molecule has 3 aromatic rings. The van der Waals surface area contributed by atoms with Gasteiger partial charge in [0.2, 0.25) is 15.9 Å². The molecule has 0 aliphatic carbocycles. The summed E-state index contributed by atoms with van der Waals surface area (Å²) in [6.45, 7) is 1.91. The summed E-state index contributed by atoms with van der Waals surface area (Å²) in [5.74, 6) is -0.169. The molecule has 25 heavy (non-hydrogen) atoms. The van der Waals surface area contributed by atoms with E-state index in [9.17, 15) is 12.8 Å². The van der Waals surface area contributed by atoms with E-state index in [0.29, 0.717) is 0 Å². The van der Waals surface area contributed by atoms with E-state index in [1.165, 1.54) is 18.2 Å². The number of benzene rings is 2. The van der Waals surface area contributed by atoms with Gasteiger partial charge in [-0.05, 0) is 36.8 Å². The van der Waals surface area contributed by atoms with E-state index < -0.39 is 15.8 Å². The zero-order valence-corrected chi connectivity index (χ0v) is 14.3. The summed E-state index contributed by atoms with van der Waals surface area (Å²) in [6, 6.07) is 12.7. The number of sulfonamides is 1. The lowest BCUT2D eigenvalue weighted by atomic mass is 10.2. The van der Waals surface area contributed by atoms with Crippen LogP contribution in [0.1, 0.15) is 11.5 Å². The van der Waals surface area contributed by atoms with Gasteiger partial charge in [0.15, 0.2) is 0 Å². The Labute approximate surface area is 144 Å². The number of hydrogen-bond donors (Lipinski definition) is 1. The molecule has 0 saturated heterocycles. The predicted octanol–water partition coefficient (Wildman–Crippen LogP) is 2.71. The van der Waals surface area contributed by atoms with Crippen LogP contribution in [0.4, 0.5) is 4.39 Å². The summed E-state index contributed by atoms with van der Waals surface area (Å²) in [4.78, 5) is 0.199. The third kappa shape index (κ3) is 4.09. The lowest BCUT2D eigenvalue weighted by Gasteiger charge is -2.06. The maximum atomic E-state index is 13.7. The average Bonchev–Trinajstić information content (AvgIpc) is 3.04. The van der Waals surface area contributed by atoms with E-state index >= 15 is 0 Å². The minimum Gasteiger partial charge on any atom is -0.421 e. The van der Waals surface area contributed by atoms with Gasteiger partial charge in [-0.2, -0.15) is 0 Å². The van der Waals surface area contributed by atoms with Crippen molar-refractivity contribution in [2.45, 2.75) is 18.2 Å². The number of hydrogen-bond acceptors (Lipinski definition) is 5. The Morgan fingerprint density at radius 2 is 1.92 bits per heavy atom. The second kappa shape index (κ2) is 7.12. The standard InChI is InChI=1S/C17H16FN3O3S/c1-12-5-4-6-13(11-12)25(22,23)19-10-9-16-20-21-17(24-16)14-7-2-3-8-15(14)18/h2-8,11,19H,9-10H2,1H3. The van der Waals surface area contributed by atoms with Crippen LogP contribution < -0.4 is 4.72 Å². The Kier molecular flexibility index (Phi) is 4.91. The molecular formula is C17H16FN3O3S. The van der Waals surface area contributed by atoms with Crippen molar-refractivity contribution in [3.8, 4) is 11.5 Å². The van der Waals surface area contributed by atoms with Gasteiger partial charge >= 0.3 is 0 Å². The first-order chi connectivity index (χ1) is 12.0. The molecule has 0 atom stereocenters. The van der Waals surface area contributed by atoms with Crippen molar-refractivity contribution >= 4 is 10.0 Å². The van der Waals surface area contributed by atoms with Crippen molar-refractivity contribution in [1.29, 1.82) is 0 Å². The van der Waals surface area contributed by atoms with Crippen LogP contribution in [-0.4, -0.2) is 25.2 Å². The number of nitrogens with zero attached hydrogens (tertiary/aromatic N) is 2. The second-order valence-electron chi connectivity index (χ2n) is 5.45. The zero-order chi connectivity index (χ0) is 17.9. The van der Waals surface area contributed by atoms with Crippen molar-refractivity contribution in [2.24, 2.45) is 0 Å². The molecule has 0 aliphatic rings. The zero-order valence-electron chi connectivity index (χ0n) is 13.4. The first kappa shape index (κ1) is 17.2. The van der Waals surface area contributed by atoms with E-state index in [-0.39, 0.29) is 35.2 Å². The quantitative estimate of drug-likeness (QED) is 0.730. The van der Waals surface area contributed by atoms with Gasteiger partial charge in [-0.25, -0.2) is 17.5 Å². The summed E-state index contributed by atoms with van der Waals surface area (Å²) in [5, 5.41) is 7.62. The van der Waals surface area contributed by atoms with Crippen LogP contribution in [0.3, 0.4) is 0 Å². The number of rotatable bonds is 6. The highest BCUT2D eigenvalue weighted by atomic mass is 32.2. The molecule has 130 valence electrons. The van der Waals surface area contributed by atoms with Gasteiger partial charge in [-0.1, -0.05) is 24.3 Å². The summed E-state index contributed by atoms with van der Waals surface area (Å²) in [7, 11) is -3.60. The molecule has 0 fully saturated rings. The van der Waals surface area contributed by atoms with E-state index in [1.54, 1.807) is 24.3 Å². The van der Waals surface area contributed by atoms with Gasteiger partial charge in [0, 0.05) is 13.0 Å². The summed E-state index contributed by atoms with van der Waals surface area (Å²) in [5.41, 5.74) is 1.07. The Bertz CT molecular complexity index is 986. The summed E-state index contributed by atoms with van der Waals surface area (Å²) >= 11 is 0. The van der Waals surface area contributed by atoms with Crippen LogP contribution >= 0.6 is 0 Å². The molecule has 0 unspecified atom stereocenters. The molecule has 0 spiro atoms. The van der Waals surface area contributed by atoms with Gasteiger partial charge in [-0.3, -0.25) is 0 Å². The Hall–Kier alpha value is -2.58. The molecule has 1 heterocycles. The molecule has 1 N–H and O–H groups in total. The Morgan fingerprint density at radius 1 is 1.12 bits per heavy atom. The molecule has 1 aromatic heterocycles. The first-order valence-corrected chi connectivity index (χ1v) is 9.08. The molecule has 3 rings (SSSR count). The predicted molar refractivity (Wildman–Crippen MR) is 89.8 cm³/mol. The van der Waals surface area contributed by atoms with Crippen molar-refractivity contribution in [1.82, 2.24) is 14.9 Å². The molecular weight excluding hydrogens is 345 g/mol. The molecule has 0 aliphatic heterocycles. The van der Waals surface area contributed by atoms with Gasteiger partial charge < -0.3 is 4.42 Å². The summed E-state index contributed by atoms with van der Waals surface area (Å²) in [6.07, 6.45) is 0.201. The molecule has 2 aromatic carbocycles. The van der Waals surface area contributed by atoms with Gasteiger partial charge in [0.05, 0.1) is 10.5 Å². The molecule has 8 heteroatoms. The largest absolute Gasteiger partial charge is 0.421 e. The molecule has 0 amide bonds. The van der Waals surface area contributed by atoms with Crippen LogP contribution in [0.2, 0.25) is 0 Å². The van der Waals surface area contributed by atoms with Crippen LogP contribution in [0, 0.1) is 12.7 Å². The van der Waals surface area contributed by atoms with Crippen molar-refractivity contribution < 1.29 is 17.2 Å². The molecule has 0 radical (unpaired) electrons. The Balaban J connectivity index is 1.64. The van der Waals surface area contributed by atoms with Crippen molar-refractivity contribution in [3.05, 3.63) is 65.8 Å². The highest BCUT2D eigenvalue weighted by molar-refractivity contribution is 7.89. The minimum absolute atomic E-state index is 0.0645. The van der Waals surface area contributed by atoms with Gasteiger partial charge in [0.1, 0.15) is 5.82 Å². The third-order valence-corrected chi connectivity index (χ3v) is 4.96. The minimum atomic E-state index is -3.60. The smallest absolute Gasteiger partial charge is 0.250 e. The van der Waals surface area contributed by atoms with Gasteiger partial charge in [-0.15, -0.1) is 10.2 Å². The number of aromatic nitrogens is 2. The van der Waals surface area contributed by atoms with Crippen LogP contribution in [-0.2, 0) is 16.4 Å². The summed E-state index contributed by atoms with van der Waals surface area (Å²) < 4.78 is 46.0. The fraction of sp³-hybridized carbons (Fsp3) is 0.176. The average molecular weight is 361 g/mol. The molecule has 0 saturated carbocycles. The van der Waals surface area contributed by atoms with Crippen LogP contribution in [0.25, 0.3) is 11.5 Å². The maximum absolute atomic E-state index is 13.7. The Morgan fingerprint density at radius 3 is 2.68 bits per heavy atom. The van der Waals surface area contributed by atoms with Gasteiger partial charge in [0.25, 0.3) is 5.89 Å². The number of aryl methyl sites for hydroxylation is 1. The third-order valence-electron chi connectivity index (χ3n) is 3.50. The van der Waals surface area contributed by atoms with Crippen LogP contribution in [0.15, 0.2) is 57.8 Å². The van der Waals surface area contributed by atoms with E-state index in [0.717, 1.165) is 5.56 Å². The lowest BCUT2D eigenvalue weighted by molar-refractivity contribution is 0.498. The van der Waals surface area contributed by atoms with Crippen molar-refractivity contribution in [2.75, 3.05) is 6.54 Å².